The van der Waals surface area contributed by atoms with Crippen LogP contribution in [0.15, 0.2) is 52.0 Å². The van der Waals surface area contributed by atoms with Crippen molar-refractivity contribution in [2.45, 2.75) is 11.4 Å². The summed E-state index contributed by atoms with van der Waals surface area (Å²) in [5.74, 6) is -0.309. The molecule has 2 rings (SSSR count). The van der Waals surface area contributed by atoms with Gasteiger partial charge in [-0.2, -0.15) is 0 Å². The normalized spacial score (nSPS) is 11.1. The fourth-order valence-corrected chi connectivity index (χ4v) is 2.56. The molecule has 1 heterocycles. The van der Waals surface area contributed by atoms with Crippen molar-refractivity contribution in [3.8, 4) is 0 Å². The Hall–Kier alpha value is -1.44. The smallest absolute Gasteiger partial charge is 0.270 e. The molecule has 0 aliphatic carbocycles. The molecule has 1 aromatic heterocycles. The first kappa shape index (κ1) is 15.9. The molecule has 1 N–H and O–H groups in total. The Balaban J connectivity index is 2.00. The zero-order valence-corrected chi connectivity index (χ0v) is 13.7. The molecule has 0 aliphatic rings. The molecule has 0 bridgehead atoms. The number of hydrogen-bond acceptors (Lipinski definition) is 4. The predicted octanol–water partition coefficient (Wildman–Crippen LogP) is 2.70. The first-order valence-electron chi connectivity index (χ1n) is 5.79. The number of amides is 1. The maximum Gasteiger partial charge on any atom is 0.270 e. The van der Waals surface area contributed by atoms with Gasteiger partial charge in [-0.1, -0.05) is 12.1 Å². The lowest BCUT2D eigenvalue weighted by Crippen LogP contribution is -2.23. The van der Waals surface area contributed by atoms with Crippen molar-refractivity contribution in [2.75, 3.05) is 0 Å². The minimum Gasteiger partial charge on any atom is -0.347 e. The fraction of sp³-hybridized carbons (Fsp3) is 0.0769. The van der Waals surface area contributed by atoms with Gasteiger partial charge in [0.2, 0.25) is 0 Å². The van der Waals surface area contributed by atoms with Crippen LogP contribution in [0.1, 0.15) is 16.1 Å². The molecule has 1 amide bonds. The van der Waals surface area contributed by atoms with E-state index in [1.807, 2.05) is 0 Å². The van der Waals surface area contributed by atoms with Crippen LogP contribution in [0.4, 0.5) is 0 Å². The molecule has 0 unspecified atom stereocenters. The van der Waals surface area contributed by atoms with E-state index in [9.17, 15) is 13.2 Å². The topological polar surface area (TPSA) is 76.1 Å². The van der Waals surface area contributed by atoms with Crippen LogP contribution < -0.4 is 5.32 Å². The first-order chi connectivity index (χ1) is 9.86. The molecule has 110 valence electrons. The van der Waals surface area contributed by atoms with E-state index in [4.69, 9.17) is 10.7 Å². The first-order valence-corrected chi connectivity index (χ1v) is 8.90. The number of nitrogens with zero attached hydrogens (tertiary/aromatic N) is 1. The van der Waals surface area contributed by atoms with Gasteiger partial charge in [0.25, 0.3) is 15.0 Å². The Morgan fingerprint density at radius 3 is 2.38 bits per heavy atom. The molecule has 0 radical (unpaired) electrons. The second-order valence-corrected chi connectivity index (χ2v) is 7.61. The number of nitrogens with one attached hydrogen (secondary N) is 1. The van der Waals surface area contributed by atoms with Crippen LogP contribution in [0, 0.1) is 0 Å². The zero-order chi connectivity index (χ0) is 15.5. The SMILES string of the molecule is O=C(NCc1ccc(S(=O)(=O)Cl)cc1)c1ccc(Br)cn1. The molecule has 0 aliphatic heterocycles. The van der Waals surface area contributed by atoms with Crippen molar-refractivity contribution in [1.82, 2.24) is 10.3 Å². The standard InChI is InChI=1S/C13H10BrClN2O3S/c14-10-3-6-12(16-8-10)13(18)17-7-9-1-4-11(5-2-9)21(15,19)20/h1-6,8H,7H2,(H,17,18). The lowest BCUT2D eigenvalue weighted by molar-refractivity contribution is 0.0946. The van der Waals surface area contributed by atoms with Gasteiger partial charge in [-0.15, -0.1) is 0 Å². The summed E-state index contributed by atoms with van der Waals surface area (Å²) < 4.78 is 23.0. The number of carbonyl (C=O) groups is 1. The predicted molar refractivity (Wildman–Crippen MR) is 82.6 cm³/mol. The van der Waals surface area contributed by atoms with E-state index in [0.717, 1.165) is 10.0 Å². The summed E-state index contributed by atoms with van der Waals surface area (Å²) in [6, 6.07) is 9.28. The van der Waals surface area contributed by atoms with Crippen molar-refractivity contribution in [1.29, 1.82) is 0 Å². The van der Waals surface area contributed by atoms with Gasteiger partial charge in [0, 0.05) is 27.9 Å². The minimum atomic E-state index is -3.73. The van der Waals surface area contributed by atoms with Crippen molar-refractivity contribution >= 4 is 41.6 Å². The van der Waals surface area contributed by atoms with Gasteiger partial charge in [0.1, 0.15) is 5.69 Å². The Kier molecular flexibility index (Phi) is 4.97. The molecule has 0 atom stereocenters. The van der Waals surface area contributed by atoms with Crippen LogP contribution in [0.3, 0.4) is 0 Å². The van der Waals surface area contributed by atoms with E-state index in [1.165, 1.54) is 18.3 Å². The van der Waals surface area contributed by atoms with Crippen LogP contribution in [-0.2, 0) is 15.6 Å². The molecule has 2 aromatic rings. The van der Waals surface area contributed by atoms with Gasteiger partial charge in [-0.3, -0.25) is 4.79 Å². The molecule has 0 saturated heterocycles. The van der Waals surface area contributed by atoms with E-state index in [0.29, 0.717) is 5.69 Å². The average Bonchev–Trinajstić information content (AvgIpc) is 2.45. The van der Waals surface area contributed by atoms with Crippen molar-refractivity contribution < 1.29 is 13.2 Å². The monoisotopic (exact) mass is 388 g/mol. The highest BCUT2D eigenvalue weighted by Gasteiger charge is 2.10. The molecule has 5 nitrogen and oxygen atoms in total. The number of aromatic nitrogens is 1. The summed E-state index contributed by atoms with van der Waals surface area (Å²) in [6.45, 7) is 0.263. The Morgan fingerprint density at radius 2 is 1.86 bits per heavy atom. The van der Waals surface area contributed by atoms with E-state index < -0.39 is 9.05 Å². The van der Waals surface area contributed by atoms with Crippen LogP contribution in [0.2, 0.25) is 0 Å². The Morgan fingerprint density at radius 1 is 1.19 bits per heavy atom. The lowest BCUT2D eigenvalue weighted by atomic mass is 10.2. The summed E-state index contributed by atoms with van der Waals surface area (Å²) in [5.41, 5.74) is 1.06. The third-order valence-electron chi connectivity index (χ3n) is 2.62. The largest absolute Gasteiger partial charge is 0.347 e. The van der Waals surface area contributed by atoms with Crippen LogP contribution in [0.25, 0.3) is 0 Å². The molecular weight excluding hydrogens is 380 g/mol. The van der Waals surface area contributed by atoms with Crippen molar-refractivity contribution in [2.24, 2.45) is 0 Å². The highest BCUT2D eigenvalue weighted by Crippen LogP contribution is 2.15. The average molecular weight is 390 g/mol. The lowest BCUT2D eigenvalue weighted by Gasteiger charge is -2.05. The summed E-state index contributed by atoms with van der Waals surface area (Å²) in [5, 5.41) is 2.69. The van der Waals surface area contributed by atoms with Gasteiger partial charge in [-0.25, -0.2) is 13.4 Å². The van der Waals surface area contributed by atoms with E-state index in [1.54, 1.807) is 24.3 Å². The quantitative estimate of drug-likeness (QED) is 0.816. The number of benzene rings is 1. The summed E-state index contributed by atoms with van der Waals surface area (Å²) in [4.78, 5) is 15.9. The number of halogens is 2. The molecule has 0 fully saturated rings. The van der Waals surface area contributed by atoms with Crippen LogP contribution in [0.5, 0.6) is 0 Å². The number of rotatable bonds is 4. The maximum absolute atomic E-state index is 11.8. The van der Waals surface area contributed by atoms with Gasteiger partial charge < -0.3 is 5.32 Å². The number of carbonyl (C=O) groups excluding carboxylic acids is 1. The zero-order valence-electron chi connectivity index (χ0n) is 10.6. The van der Waals surface area contributed by atoms with Crippen molar-refractivity contribution in [3.63, 3.8) is 0 Å². The third kappa shape index (κ3) is 4.52. The van der Waals surface area contributed by atoms with Crippen LogP contribution in [-0.4, -0.2) is 19.3 Å². The molecule has 0 spiro atoms. The molecular formula is C13H10BrClN2O3S. The van der Waals surface area contributed by atoms with Crippen molar-refractivity contribution in [3.05, 3.63) is 58.3 Å². The molecule has 0 saturated carbocycles. The number of hydrogen-bond donors (Lipinski definition) is 1. The van der Waals surface area contributed by atoms with Gasteiger partial charge in [0.05, 0.1) is 4.90 Å². The minimum absolute atomic E-state index is 0.0221. The number of pyridine rings is 1. The molecule has 21 heavy (non-hydrogen) atoms. The molecule has 1 aromatic carbocycles. The highest BCUT2D eigenvalue weighted by atomic mass is 79.9. The fourth-order valence-electron chi connectivity index (χ4n) is 1.55. The summed E-state index contributed by atoms with van der Waals surface area (Å²) in [7, 11) is 1.49. The Labute approximate surface area is 134 Å². The summed E-state index contributed by atoms with van der Waals surface area (Å²) >= 11 is 3.24. The van der Waals surface area contributed by atoms with E-state index in [-0.39, 0.29) is 17.3 Å². The second kappa shape index (κ2) is 6.55. The van der Waals surface area contributed by atoms with Crippen LogP contribution >= 0.6 is 26.6 Å². The maximum atomic E-state index is 11.8. The molecule has 8 heteroatoms. The van der Waals surface area contributed by atoms with E-state index in [2.05, 4.69) is 26.2 Å². The third-order valence-corrected chi connectivity index (χ3v) is 4.46. The second-order valence-electron chi connectivity index (χ2n) is 4.13. The van der Waals surface area contributed by atoms with E-state index >= 15 is 0 Å². The summed E-state index contributed by atoms with van der Waals surface area (Å²) in [6.07, 6.45) is 1.54. The Bertz CT molecular complexity index is 746. The van der Waals surface area contributed by atoms with Gasteiger partial charge in [0.15, 0.2) is 0 Å². The highest BCUT2D eigenvalue weighted by molar-refractivity contribution is 9.10. The van der Waals surface area contributed by atoms with Gasteiger partial charge >= 0.3 is 0 Å². The van der Waals surface area contributed by atoms with Gasteiger partial charge in [-0.05, 0) is 45.8 Å².